The SMILES string of the molecule is COc1ccc(C(=O)NC(=S)Nc2ccc(S(=O)(=O)N3CCC(C)CC3)cc2)cc1Br. The summed E-state index contributed by atoms with van der Waals surface area (Å²) in [6.07, 6.45) is 1.75. The van der Waals surface area contributed by atoms with E-state index in [0.29, 0.717) is 40.5 Å². The second kappa shape index (κ2) is 10.1. The number of rotatable bonds is 5. The van der Waals surface area contributed by atoms with Crippen LogP contribution in [-0.2, 0) is 10.0 Å². The van der Waals surface area contributed by atoms with Crippen molar-refractivity contribution in [2.24, 2.45) is 5.92 Å². The van der Waals surface area contributed by atoms with Crippen LogP contribution in [0.15, 0.2) is 51.8 Å². The Hall–Kier alpha value is -2.01. The van der Waals surface area contributed by atoms with Gasteiger partial charge in [0.1, 0.15) is 5.75 Å². The topological polar surface area (TPSA) is 87.7 Å². The van der Waals surface area contributed by atoms with Gasteiger partial charge in [-0.3, -0.25) is 10.1 Å². The Morgan fingerprint density at radius 1 is 1.16 bits per heavy atom. The Kier molecular flexibility index (Phi) is 7.68. The number of amides is 1. The average Bonchev–Trinajstić information content (AvgIpc) is 2.74. The number of carbonyl (C=O) groups is 1. The Balaban J connectivity index is 1.61. The number of anilines is 1. The van der Waals surface area contributed by atoms with E-state index in [4.69, 9.17) is 17.0 Å². The first kappa shape index (κ1) is 23.6. The van der Waals surface area contributed by atoms with Crippen molar-refractivity contribution in [2.75, 3.05) is 25.5 Å². The first-order valence-electron chi connectivity index (χ1n) is 9.77. The highest BCUT2D eigenvalue weighted by atomic mass is 79.9. The number of thiocarbonyl (C=S) groups is 1. The van der Waals surface area contributed by atoms with Crippen molar-refractivity contribution in [1.29, 1.82) is 0 Å². The molecular formula is C21H24BrN3O4S2. The lowest BCUT2D eigenvalue weighted by Gasteiger charge is -2.29. The first-order valence-corrected chi connectivity index (χ1v) is 12.4. The number of nitrogens with zero attached hydrogens (tertiary/aromatic N) is 1. The summed E-state index contributed by atoms with van der Waals surface area (Å²) in [5, 5.41) is 5.61. The molecule has 0 atom stereocenters. The van der Waals surface area contributed by atoms with Gasteiger partial charge in [-0.1, -0.05) is 6.92 Å². The minimum atomic E-state index is -3.51. The molecule has 0 saturated carbocycles. The van der Waals surface area contributed by atoms with Crippen molar-refractivity contribution in [1.82, 2.24) is 9.62 Å². The van der Waals surface area contributed by atoms with Crippen LogP contribution in [0, 0.1) is 5.92 Å². The van der Waals surface area contributed by atoms with Crippen molar-refractivity contribution >= 4 is 54.9 Å². The van der Waals surface area contributed by atoms with E-state index < -0.39 is 10.0 Å². The van der Waals surface area contributed by atoms with Crippen LogP contribution in [0.4, 0.5) is 5.69 Å². The van der Waals surface area contributed by atoms with Crippen LogP contribution < -0.4 is 15.4 Å². The molecule has 2 aromatic rings. The number of sulfonamides is 1. The summed E-state index contributed by atoms with van der Waals surface area (Å²) in [5.41, 5.74) is 0.988. The van der Waals surface area contributed by atoms with Gasteiger partial charge in [0.15, 0.2) is 5.11 Å². The molecule has 0 radical (unpaired) electrons. The quantitative estimate of drug-likeness (QED) is 0.573. The number of piperidine rings is 1. The molecule has 3 rings (SSSR count). The molecule has 0 spiro atoms. The zero-order chi connectivity index (χ0) is 22.6. The van der Waals surface area contributed by atoms with E-state index in [-0.39, 0.29) is 15.9 Å². The van der Waals surface area contributed by atoms with Gasteiger partial charge >= 0.3 is 0 Å². The molecule has 0 bridgehead atoms. The lowest BCUT2D eigenvalue weighted by Crippen LogP contribution is -2.37. The molecule has 0 aromatic heterocycles. The lowest BCUT2D eigenvalue weighted by molar-refractivity contribution is 0.0977. The van der Waals surface area contributed by atoms with Crippen molar-refractivity contribution in [3.8, 4) is 5.75 Å². The number of methoxy groups -OCH3 is 1. The fourth-order valence-corrected chi connectivity index (χ4v) is 5.45. The van der Waals surface area contributed by atoms with Crippen molar-refractivity contribution in [2.45, 2.75) is 24.7 Å². The van der Waals surface area contributed by atoms with Gasteiger partial charge in [-0.05, 0) is 89.4 Å². The van der Waals surface area contributed by atoms with Crippen molar-refractivity contribution < 1.29 is 17.9 Å². The molecule has 10 heteroatoms. The highest BCUT2D eigenvalue weighted by molar-refractivity contribution is 9.10. The van der Waals surface area contributed by atoms with Crippen LogP contribution in [-0.4, -0.2) is 43.9 Å². The molecule has 31 heavy (non-hydrogen) atoms. The number of benzene rings is 2. The highest BCUT2D eigenvalue weighted by Gasteiger charge is 2.27. The zero-order valence-electron chi connectivity index (χ0n) is 17.2. The molecule has 166 valence electrons. The van der Waals surface area contributed by atoms with Gasteiger partial charge < -0.3 is 10.1 Å². The van der Waals surface area contributed by atoms with Gasteiger partial charge in [0, 0.05) is 24.3 Å². The van der Waals surface area contributed by atoms with Crippen LogP contribution in [0.1, 0.15) is 30.1 Å². The third-order valence-corrected chi connectivity index (χ3v) is 7.87. The number of hydrogen-bond donors (Lipinski definition) is 2. The Labute approximate surface area is 196 Å². The van der Waals surface area contributed by atoms with Gasteiger partial charge in [-0.15, -0.1) is 0 Å². The molecule has 1 aliphatic rings. The summed E-state index contributed by atoms with van der Waals surface area (Å²) >= 11 is 8.55. The normalized spacial score (nSPS) is 15.3. The highest BCUT2D eigenvalue weighted by Crippen LogP contribution is 2.26. The van der Waals surface area contributed by atoms with Crippen LogP contribution in [0.2, 0.25) is 0 Å². The maximum Gasteiger partial charge on any atom is 0.257 e. The smallest absolute Gasteiger partial charge is 0.257 e. The van der Waals surface area contributed by atoms with Crippen molar-refractivity contribution in [3.63, 3.8) is 0 Å². The fraction of sp³-hybridized carbons (Fsp3) is 0.333. The molecule has 1 amide bonds. The molecule has 0 aliphatic carbocycles. The van der Waals surface area contributed by atoms with E-state index in [0.717, 1.165) is 12.8 Å². The van der Waals surface area contributed by atoms with Crippen LogP contribution >= 0.6 is 28.1 Å². The molecule has 1 saturated heterocycles. The first-order chi connectivity index (χ1) is 14.7. The predicted octanol–water partition coefficient (Wildman–Crippen LogP) is 4.01. The molecule has 1 heterocycles. The predicted molar refractivity (Wildman–Crippen MR) is 128 cm³/mol. The Bertz CT molecular complexity index is 1070. The van der Waals surface area contributed by atoms with E-state index >= 15 is 0 Å². The molecule has 2 N–H and O–H groups in total. The minimum absolute atomic E-state index is 0.109. The summed E-state index contributed by atoms with van der Waals surface area (Å²) in [4.78, 5) is 12.6. The molecule has 0 unspecified atom stereocenters. The van der Waals surface area contributed by atoms with E-state index in [1.54, 1.807) is 49.6 Å². The zero-order valence-corrected chi connectivity index (χ0v) is 20.4. The van der Waals surface area contributed by atoms with Crippen LogP contribution in [0.25, 0.3) is 0 Å². The maximum atomic E-state index is 12.8. The van der Waals surface area contributed by atoms with Gasteiger partial charge in [0.25, 0.3) is 5.91 Å². The molecule has 1 fully saturated rings. The third-order valence-electron chi connectivity index (χ3n) is 5.13. The lowest BCUT2D eigenvalue weighted by atomic mass is 10.0. The number of ether oxygens (including phenoxy) is 1. The second-order valence-electron chi connectivity index (χ2n) is 7.37. The molecule has 7 nitrogen and oxygen atoms in total. The monoisotopic (exact) mass is 525 g/mol. The summed E-state index contributed by atoms with van der Waals surface area (Å²) in [6.45, 7) is 3.22. The van der Waals surface area contributed by atoms with Crippen LogP contribution in [0.5, 0.6) is 5.75 Å². The van der Waals surface area contributed by atoms with E-state index in [9.17, 15) is 13.2 Å². The average molecular weight is 526 g/mol. The summed E-state index contributed by atoms with van der Waals surface area (Å²) in [7, 11) is -1.96. The van der Waals surface area contributed by atoms with E-state index in [1.807, 2.05) is 0 Å². The van der Waals surface area contributed by atoms with E-state index in [2.05, 4.69) is 33.5 Å². The number of halogens is 1. The largest absolute Gasteiger partial charge is 0.496 e. The standard InChI is InChI=1S/C21H24BrN3O4S2/c1-14-9-11-25(12-10-14)31(27,28)17-6-4-16(5-7-17)23-21(30)24-20(26)15-3-8-19(29-2)18(22)13-15/h3-8,13-14H,9-12H2,1-2H3,(H2,23,24,26,30). The van der Waals surface area contributed by atoms with E-state index in [1.165, 1.54) is 4.31 Å². The minimum Gasteiger partial charge on any atom is -0.496 e. The van der Waals surface area contributed by atoms with Crippen molar-refractivity contribution in [3.05, 3.63) is 52.5 Å². The maximum absolute atomic E-state index is 12.8. The Morgan fingerprint density at radius 2 is 1.81 bits per heavy atom. The number of hydrogen-bond acceptors (Lipinski definition) is 5. The molecule has 1 aliphatic heterocycles. The van der Waals surface area contributed by atoms with Gasteiger partial charge in [0.05, 0.1) is 16.5 Å². The molecule has 2 aromatic carbocycles. The fourth-order valence-electron chi connectivity index (χ4n) is 3.23. The second-order valence-corrected chi connectivity index (χ2v) is 10.6. The van der Waals surface area contributed by atoms with Gasteiger partial charge in [-0.2, -0.15) is 4.31 Å². The van der Waals surface area contributed by atoms with Gasteiger partial charge in [0.2, 0.25) is 10.0 Å². The number of nitrogens with one attached hydrogen (secondary N) is 2. The van der Waals surface area contributed by atoms with Gasteiger partial charge in [-0.25, -0.2) is 8.42 Å². The summed E-state index contributed by atoms with van der Waals surface area (Å²) in [5.74, 6) is 0.791. The van der Waals surface area contributed by atoms with Crippen LogP contribution in [0.3, 0.4) is 0 Å². The molecular weight excluding hydrogens is 502 g/mol. The third kappa shape index (κ3) is 5.82. The summed E-state index contributed by atoms with van der Waals surface area (Å²) in [6, 6.07) is 11.3. The Morgan fingerprint density at radius 3 is 2.39 bits per heavy atom. The summed E-state index contributed by atoms with van der Waals surface area (Å²) < 4.78 is 33.0. The number of carbonyl (C=O) groups excluding carboxylic acids is 1.